The Hall–Kier alpha value is -7.04. The van der Waals surface area contributed by atoms with Gasteiger partial charge in [0.25, 0.3) is 0 Å². The molecule has 274 valence electrons. The first-order chi connectivity index (χ1) is 27.5. The van der Waals surface area contributed by atoms with E-state index in [1.165, 1.54) is 22.3 Å². The van der Waals surface area contributed by atoms with Crippen molar-refractivity contribution in [3.05, 3.63) is 205 Å². The van der Waals surface area contributed by atoms with E-state index in [0.29, 0.717) is 0 Å². The first-order valence-corrected chi connectivity index (χ1v) is 18.9. The summed E-state index contributed by atoms with van der Waals surface area (Å²) < 4.78 is 11.8. The van der Waals surface area contributed by atoms with Gasteiger partial charge in [0.2, 0.25) is 0 Å². The van der Waals surface area contributed by atoms with E-state index in [9.17, 15) is 0 Å². The molecule has 0 aliphatic carbocycles. The fourth-order valence-corrected chi connectivity index (χ4v) is 7.48. The molecule has 4 heteroatoms. The smallest absolute Gasteiger partial charge is 0.142 e. The maximum Gasteiger partial charge on any atom is 0.142 e. The Bertz CT molecular complexity index is 2380. The molecule has 0 aliphatic rings. The van der Waals surface area contributed by atoms with Gasteiger partial charge in [-0.25, -0.2) is 0 Å². The Kier molecular flexibility index (Phi) is 10.4. The summed E-state index contributed by atoms with van der Waals surface area (Å²) in [5.41, 5.74) is 15.6. The van der Waals surface area contributed by atoms with Crippen molar-refractivity contribution in [2.45, 2.75) is 13.8 Å². The summed E-state index contributed by atoms with van der Waals surface area (Å²) in [4.78, 5) is 4.57. The van der Waals surface area contributed by atoms with E-state index in [1.54, 1.807) is 14.2 Å². The van der Waals surface area contributed by atoms with Crippen LogP contribution in [-0.2, 0) is 0 Å². The van der Waals surface area contributed by atoms with Gasteiger partial charge in [0.1, 0.15) is 11.5 Å². The molecule has 0 saturated carbocycles. The lowest BCUT2D eigenvalue weighted by molar-refractivity contribution is 0.416. The summed E-state index contributed by atoms with van der Waals surface area (Å²) in [7, 11) is 3.46. The van der Waals surface area contributed by atoms with Gasteiger partial charge >= 0.3 is 0 Å². The maximum absolute atomic E-state index is 5.89. The van der Waals surface area contributed by atoms with Crippen LogP contribution in [0.25, 0.3) is 33.4 Å². The number of methoxy groups -OCH3 is 2. The molecule has 8 rings (SSSR count). The van der Waals surface area contributed by atoms with Crippen molar-refractivity contribution >= 4 is 34.1 Å². The normalized spacial score (nSPS) is 10.9. The van der Waals surface area contributed by atoms with Crippen LogP contribution in [0.15, 0.2) is 194 Å². The van der Waals surface area contributed by atoms with E-state index in [2.05, 4.69) is 181 Å². The Morgan fingerprint density at radius 2 is 0.625 bits per heavy atom. The van der Waals surface area contributed by atoms with E-state index in [-0.39, 0.29) is 0 Å². The summed E-state index contributed by atoms with van der Waals surface area (Å²) in [6.07, 6.45) is 0. The lowest BCUT2D eigenvalue weighted by atomic mass is 9.98. The molecule has 8 aromatic rings. The second-order valence-corrected chi connectivity index (χ2v) is 13.8. The number of ether oxygens (including phenoxy) is 2. The molecule has 0 spiro atoms. The van der Waals surface area contributed by atoms with Crippen LogP contribution in [0.2, 0.25) is 0 Å². The van der Waals surface area contributed by atoms with Crippen molar-refractivity contribution in [2.24, 2.45) is 0 Å². The van der Waals surface area contributed by atoms with Crippen LogP contribution in [0, 0.1) is 13.8 Å². The predicted octanol–water partition coefficient (Wildman–Crippen LogP) is 14.3. The van der Waals surface area contributed by atoms with Crippen LogP contribution in [0.5, 0.6) is 11.5 Å². The maximum atomic E-state index is 5.89. The molecule has 0 unspecified atom stereocenters. The molecule has 56 heavy (non-hydrogen) atoms. The van der Waals surface area contributed by atoms with Crippen LogP contribution in [0.3, 0.4) is 0 Å². The second kappa shape index (κ2) is 16.1. The largest absolute Gasteiger partial charge is 0.495 e. The third-order valence-electron chi connectivity index (χ3n) is 10.3. The number of benzene rings is 8. The molecule has 0 saturated heterocycles. The number of hydrogen-bond donors (Lipinski definition) is 0. The van der Waals surface area contributed by atoms with E-state index in [0.717, 1.165) is 67.9 Å². The Balaban J connectivity index is 1.16. The first-order valence-electron chi connectivity index (χ1n) is 18.9. The minimum absolute atomic E-state index is 0.809. The number of nitrogens with zero attached hydrogens (tertiary/aromatic N) is 2. The van der Waals surface area contributed by atoms with Crippen LogP contribution >= 0.6 is 0 Å². The van der Waals surface area contributed by atoms with Crippen LogP contribution in [0.1, 0.15) is 11.1 Å². The second-order valence-electron chi connectivity index (χ2n) is 13.8. The molecule has 4 nitrogen and oxygen atoms in total. The van der Waals surface area contributed by atoms with Crippen LogP contribution in [-0.4, -0.2) is 14.2 Å². The Labute approximate surface area is 330 Å². The van der Waals surface area contributed by atoms with Gasteiger partial charge in [-0.2, -0.15) is 0 Å². The standard InChI is InChI=1S/C52H44N2O2/c1-37-35-43(27-33-47(37)53(49-19-11-13-21-51(49)55-3)45-29-23-41(24-30-45)39-15-7-5-8-16-39)44-28-34-48(38(2)36-44)54(50-20-12-14-22-52(50)56-4)46-31-25-42(26-32-46)40-17-9-6-10-18-40/h5-36H,1-4H3. The van der Waals surface area contributed by atoms with Gasteiger partial charge < -0.3 is 19.3 Å². The van der Waals surface area contributed by atoms with Crippen LogP contribution in [0.4, 0.5) is 34.1 Å². The van der Waals surface area contributed by atoms with Gasteiger partial charge in [-0.3, -0.25) is 0 Å². The van der Waals surface area contributed by atoms with Crippen molar-refractivity contribution < 1.29 is 9.47 Å². The summed E-state index contributed by atoms with van der Waals surface area (Å²) in [5, 5.41) is 0. The zero-order valence-electron chi connectivity index (χ0n) is 32.2. The molecule has 0 aliphatic heterocycles. The first kappa shape index (κ1) is 36.0. The highest BCUT2D eigenvalue weighted by atomic mass is 16.5. The van der Waals surface area contributed by atoms with Crippen molar-refractivity contribution in [3.8, 4) is 44.9 Å². The highest BCUT2D eigenvalue weighted by Gasteiger charge is 2.21. The minimum atomic E-state index is 0.809. The zero-order chi connectivity index (χ0) is 38.4. The monoisotopic (exact) mass is 728 g/mol. The fraction of sp³-hybridized carbons (Fsp3) is 0.0769. The van der Waals surface area contributed by atoms with E-state index in [4.69, 9.17) is 9.47 Å². The molecule has 0 aromatic heterocycles. The molecular weight excluding hydrogens is 685 g/mol. The van der Waals surface area contributed by atoms with Crippen LogP contribution < -0.4 is 19.3 Å². The summed E-state index contributed by atoms with van der Waals surface area (Å²) in [6.45, 7) is 4.37. The lowest BCUT2D eigenvalue weighted by Crippen LogP contribution is -2.13. The SMILES string of the molecule is COc1ccccc1N(c1ccc(-c2ccccc2)cc1)c1ccc(-c2ccc(N(c3ccc(-c4ccccc4)cc3)c3ccccc3OC)c(C)c2)cc1C. The van der Waals surface area contributed by atoms with Crippen molar-refractivity contribution in [3.63, 3.8) is 0 Å². The average Bonchev–Trinajstić information content (AvgIpc) is 3.26. The number of aryl methyl sites for hydroxylation is 2. The molecule has 0 heterocycles. The zero-order valence-corrected chi connectivity index (χ0v) is 32.2. The molecule has 0 bridgehead atoms. The predicted molar refractivity (Wildman–Crippen MR) is 235 cm³/mol. The Morgan fingerprint density at radius 1 is 0.304 bits per heavy atom. The summed E-state index contributed by atoms with van der Waals surface area (Å²) >= 11 is 0. The molecule has 0 radical (unpaired) electrons. The van der Waals surface area contributed by atoms with E-state index < -0.39 is 0 Å². The Morgan fingerprint density at radius 3 is 0.982 bits per heavy atom. The third-order valence-corrected chi connectivity index (χ3v) is 10.3. The van der Waals surface area contributed by atoms with E-state index in [1.807, 2.05) is 36.4 Å². The van der Waals surface area contributed by atoms with Gasteiger partial charge in [0.15, 0.2) is 0 Å². The van der Waals surface area contributed by atoms with Crippen molar-refractivity contribution in [2.75, 3.05) is 24.0 Å². The van der Waals surface area contributed by atoms with Gasteiger partial charge in [-0.15, -0.1) is 0 Å². The topological polar surface area (TPSA) is 24.9 Å². The van der Waals surface area contributed by atoms with Gasteiger partial charge in [0.05, 0.1) is 25.6 Å². The van der Waals surface area contributed by atoms with E-state index >= 15 is 0 Å². The molecule has 0 atom stereocenters. The van der Waals surface area contributed by atoms with Crippen molar-refractivity contribution in [1.29, 1.82) is 0 Å². The third kappa shape index (κ3) is 7.25. The molecule has 0 fully saturated rings. The molecule has 0 amide bonds. The number of anilines is 6. The average molecular weight is 729 g/mol. The minimum Gasteiger partial charge on any atom is -0.495 e. The highest BCUT2D eigenvalue weighted by molar-refractivity contribution is 5.86. The number of hydrogen-bond acceptors (Lipinski definition) is 4. The van der Waals surface area contributed by atoms with Gasteiger partial charge in [0, 0.05) is 22.7 Å². The highest BCUT2D eigenvalue weighted by Crippen LogP contribution is 2.45. The summed E-state index contributed by atoms with van der Waals surface area (Å²) in [5.74, 6) is 1.62. The number of rotatable bonds is 11. The quantitative estimate of drug-likeness (QED) is 0.132. The lowest BCUT2D eigenvalue weighted by Gasteiger charge is -2.29. The van der Waals surface area contributed by atoms with Gasteiger partial charge in [-0.05, 0) is 131 Å². The molecule has 0 N–H and O–H groups in total. The molecular formula is C52H44N2O2. The summed E-state index contributed by atoms with van der Waals surface area (Å²) in [6, 6.07) is 68.3. The van der Waals surface area contributed by atoms with Gasteiger partial charge in [-0.1, -0.05) is 121 Å². The van der Waals surface area contributed by atoms with Crippen molar-refractivity contribution in [1.82, 2.24) is 0 Å². The fourth-order valence-electron chi connectivity index (χ4n) is 7.48. The number of para-hydroxylation sites is 4. The molecule has 8 aromatic carbocycles.